The van der Waals surface area contributed by atoms with Gasteiger partial charge in [0.05, 0.1) is 0 Å². The van der Waals surface area contributed by atoms with E-state index in [1.54, 1.807) is 11.1 Å². The standard InChI is InChI=1S/C29H42O2/c1-18(2)19(3)7-8-20(4)27-13-14-28-26-11-9-22-17-23(31-21(5)30)10-12-24(22)25(26)15-16-29(27,28)6/h9,11,17-20,27-28H,7-8,10,12-16H2,1-6H3/t19-,20+,27+,28-,29+/m0/s1. The summed E-state index contributed by atoms with van der Waals surface area (Å²) >= 11 is 0. The molecule has 0 spiro atoms. The predicted octanol–water partition coefficient (Wildman–Crippen LogP) is 7.69. The highest BCUT2D eigenvalue weighted by Gasteiger charge is 2.51. The molecule has 5 atom stereocenters. The normalized spacial score (nSPS) is 28.9. The zero-order valence-corrected chi connectivity index (χ0v) is 20.6. The number of rotatable bonds is 6. The average molecular weight is 423 g/mol. The van der Waals surface area contributed by atoms with Crippen molar-refractivity contribution in [2.45, 2.75) is 98.8 Å². The van der Waals surface area contributed by atoms with Gasteiger partial charge in [-0.2, -0.15) is 0 Å². The lowest BCUT2D eigenvalue weighted by atomic mass is 9.60. The highest BCUT2D eigenvalue weighted by Crippen LogP contribution is 2.61. The Morgan fingerprint density at radius 2 is 1.84 bits per heavy atom. The minimum Gasteiger partial charge on any atom is -0.431 e. The smallest absolute Gasteiger partial charge is 0.307 e. The molecular weight excluding hydrogens is 380 g/mol. The second-order valence-electron chi connectivity index (χ2n) is 11.4. The minimum absolute atomic E-state index is 0.211. The van der Waals surface area contributed by atoms with Crippen molar-refractivity contribution < 1.29 is 9.53 Å². The summed E-state index contributed by atoms with van der Waals surface area (Å²) < 4.78 is 5.39. The molecule has 2 nitrogen and oxygen atoms in total. The van der Waals surface area contributed by atoms with Crippen molar-refractivity contribution in [2.75, 3.05) is 0 Å². The fourth-order valence-corrected chi connectivity index (χ4v) is 7.06. The van der Waals surface area contributed by atoms with Gasteiger partial charge >= 0.3 is 5.97 Å². The number of hydrogen-bond acceptors (Lipinski definition) is 2. The number of allylic oxidation sites excluding steroid dienone is 1. The van der Waals surface area contributed by atoms with Crippen molar-refractivity contribution >= 4 is 12.0 Å². The van der Waals surface area contributed by atoms with E-state index in [0.717, 1.165) is 48.2 Å². The Morgan fingerprint density at radius 1 is 1.06 bits per heavy atom. The van der Waals surface area contributed by atoms with Crippen LogP contribution in [-0.4, -0.2) is 5.97 Å². The van der Waals surface area contributed by atoms with Gasteiger partial charge in [0.25, 0.3) is 0 Å². The molecule has 0 aromatic heterocycles. The van der Waals surface area contributed by atoms with E-state index in [1.165, 1.54) is 56.6 Å². The van der Waals surface area contributed by atoms with Crippen LogP contribution in [0.15, 0.2) is 17.9 Å². The second-order valence-corrected chi connectivity index (χ2v) is 11.4. The first-order valence-electron chi connectivity index (χ1n) is 12.7. The SMILES string of the molecule is CC(=O)OC1=Cc2ccc3c(c2CC1)CC[C@]1(C)[C@@H]([C@H](C)CC[C@H](C)C(C)C)CC[C@@H]31. The molecule has 2 heteroatoms. The maximum atomic E-state index is 11.4. The summed E-state index contributed by atoms with van der Waals surface area (Å²) in [6.45, 7) is 13.8. The largest absolute Gasteiger partial charge is 0.431 e. The molecule has 3 aliphatic carbocycles. The number of carbonyl (C=O) groups is 1. The molecule has 0 aliphatic heterocycles. The van der Waals surface area contributed by atoms with Gasteiger partial charge in [-0.3, -0.25) is 4.79 Å². The summed E-state index contributed by atoms with van der Waals surface area (Å²) in [5.41, 5.74) is 6.52. The maximum Gasteiger partial charge on any atom is 0.307 e. The van der Waals surface area contributed by atoms with Crippen molar-refractivity contribution in [2.24, 2.45) is 29.1 Å². The first kappa shape index (κ1) is 22.6. The molecule has 3 aliphatic rings. The third-order valence-electron chi connectivity index (χ3n) is 9.32. The molecule has 1 saturated carbocycles. The quantitative estimate of drug-likeness (QED) is 0.439. The van der Waals surface area contributed by atoms with E-state index in [0.29, 0.717) is 5.41 Å². The molecule has 1 aromatic carbocycles. The number of esters is 1. The van der Waals surface area contributed by atoms with Gasteiger partial charge in [-0.1, -0.05) is 59.6 Å². The summed E-state index contributed by atoms with van der Waals surface area (Å²) in [7, 11) is 0. The molecule has 0 radical (unpaired) electrons. The number of ether oxygens (including phenoxy) is 1. The molecular formula is C29H42O2. The summed E-state index contributed by atoms with van der Waals surface area (Å²) in [6.07, 6.45) is 12.0. The molecule has 31 heavy (non-hydrogen) atoms. The molecule has 0 amide bonds. The second kappa shape index (κ2) is 8.75. The number of fused-ring (bicyclic) bond motifs is 5. The molecule has 1 fully saturated rings. The van der Waals surface area contributed by atoms with Gasteiger partial charge in [0, 0.05) is 13.3 Å². The van der Waals surface area contributed by atoms with Gasteiger partial charge in [-0.25, -0.2) is 0 Å². The van der Waals surface area contributed by atoms with E-state index < -0.39 is 0 Å². The molecule has 0 unspecified atom stereocenters. The lowest BCUT2D eigenvalue weighted by Gasteiger charge is -2.45. The summed E-state index contributed by atoms with van der Waals surface area (Å²) in [4.78, 5) is 11.4. The molecule has 170 valence electrons. The maximum absolute atomic E-state index is 11.4. The Kier molecular flexibility index (Phi) is 6.39. The van der Waals surface area contributed by atoms with Crippen molar-refractivity contribution in [1.82, 2.24) is 0 Å². The Balaban J connectivity index is 1.54. The third kappa shape index (κ3) is 4.24. The van der Waals surface area contributed by atoms with E-state index in [9.17, 15) is 4.79 Å². The Morgan fingerprint density at radius 3 is 2.55 bits per heavy atom. The Bertz CT molecular complexity index is 864. The summed E-state index contributed by atoms with van der Waals surface area (Å²) in [5, 5.41) is 0. The van der Waals surface area contributed by atoms with E-state index >= 15 is 0 Å². The molecule has 0 N–H and O–H groups in total. The van der Waals surface area contributed by atoms with E-state index in [2.05, 4.69) is 52.8 Å². The Labute approximate surface area is 189 Å². The lowest BCUT2D eigenvalue weighted by Crippen LogP contribution is -2.35. The van der Waals surface area contributed by atoms with Gasteiger partial charge in [0.1, 0.15) is 5.76 Å². The van der Waals surface area contributed by atoms with Crippen LogP contribution < -0.4 is 0 Å². The van der Waals surface area contributed by atoms with Crippen LogP contribution in [0, 0.1) is 29.1 Å². The van der Waals surface area contributed by atoms with E-state index in [4.69, 9.17) is 4.74 Å². The fraction of sp³-hybridized carbons (Fsp3) is 0.690. The summed E-state index contributed by atoms with van der Waals surface area (Å²) in [6, 6.07) is 4.71. The molecule has 4 rings (SSSR count). The van der Waals surface area contributed by atoms with E-state index in [1.807, 2.05) is 0 Å². The third-order valence-corrected chi connectivity index (χ3v) is 9.32. The fourth-order valence-electron chi connectivity index (χ4n) is 7.06. The van der Waals surface area contributed by atoms with Gasteiger partial charge < -0.3 is 4.74 Å². The van der Waals surface area contributed by atoms with Gasteiger partial charge in [-0.15, -0.1) is 0 Å². The van der Waals surface area contributed by atoms with Crippen LogP contribution in [0.1, 0.15) is 108 Å². The minimum atomic E-state index is -0.211. The van der Waals surface area contributed by atoms with Crippen LogP contribution in [0.5, 0.6) is 0 Å². The number of carbonyl (C=O) groups excluding carboxylic acids is 1. The first-order chi connectivity index (χ1) is 14.7. The van der Waals surface area contributed by atoms with E-state index in [-0.39, 0.29) is 5.97 Å². The highest BCUT2D eigenvalue weighted by atomic mass is 16.5. The van der Waals surface area contributed by atoms with Gasteiger partial charge in [0.15, 0.2) is 0 Å². The van der Waals surface area contributed by atoms with Crippen LogP contribution in [0.4, 0.5) is 0 Å². The number of benzene rings is 1. The van der Waals surface area contributed by atoms with Crippen LogP contribution in [0.2, 0.25) is 0 Å². The first-order valence-corrected chi connectivity index (χ1v) is 12.7. The summed E-state index contributed by atoms with van der Waals surface area (Å²) in [5.74, 6) is 4.64. The molecule has 0 bridgehead atoms. The van der Waals surface area contributed by atoms with Crippen molar-refractivity contribution in [1.29, 1.82) is 0 Å². The zero-order chi connectivity index (χ0) is 22.3. The molecule has 1 aromatic rings. The van der Waals surface area contributed by atoms with Crippen molar-refractivity contribution in [3.05, 3.63) is 40.1 Å². The van der Waals surface area contributed by atoms with Crippen molar-refractivity contribution in [3.8, 4) is 0 Å². The average Bonchev–Trinajstić information content (AvgIpc) is 3.08. The zero-order valence-electron chi connectivity index (χ0n) is 20.6. The van der Waals surface area contributed by atoms with Crippen LogP contribution in [0.25, 0.3) is 6.08 Å². The van der Waals surface area contributed by atoms with Crippen LogP contribution in [-0.2, 0) is 22.4 Å². The predicted molar refractivity (Wildman–Crippen MR) is 129 cm³/mol. The molecule has 0 heterocycles. The lowest BCUT2D eigenvalue weighted by molar-refractivity contribution is -0.137. The topological polar surface area (TPSA) is 26.3 Å². The highest BCUT2D eigenvalue weighted by molar-refractivity contribution is 5.70. The number of hydrogen-bond donors (Lipinski definition) is 0. The van der Waals surface area contributed by atoms with Crippen molar-refractivity contribution in [3.63, 3.8) is 0 Å². The molecule has 0 saturated heterocycles. The van der Waals surface area contributed by atoms with Crippen LogP contribution >= 0.6 is 0 Å². The monoisotopic (exact) mass is 422 g/mol. The van der Waals surface area contributed by atoms with Gasteiger partial charge in [-0.05, 0) is 95.4 Å². The van der Waals surface area contributed by atoms with Gasteiger partial charge in [0.2, 0.25) is 0 Å². The van der Waals surface area contributed by atoms with Crippen LogP contribution in [0.3, 0.4) is 0 Å². The Hall–Kier alpha value is -1.57.